The number of rotatable bonds is 6. The van der Waals surface area contributed by atoms with Crippen molar-refractivity contribution in [2.45, 2.75) is 54.6 Å². The molecule has 3 N–H and O–H groups in total. The normalized spacial score (nSPS) is 23.7. The fraction of sp³-hybridized carbons (Fsp3) is 0.480. The molecule has 2 atom stereocenters. The van der Waals surface area contributed by atoms with Crippen molar-refractivity contribution in [3.63, 3.8) is 0 Å². The smallest absolute Gasteiger partial charge is 0.265 e. The molecule has 0 bridgehead atoms. The number of amides is 1. The van der Waals surface area contributed by atoms with Crippen molar-refractivity contribution in [1.82, 2.24) is 4.90 Å². The minimum atomic E-state index is -3.98. The molecule has 2 heterocycles. The number of ether oxygens (including phenoxy) is 1. The van der Waals surface area contributed by atoms with E-state index >= 15 is 0 Å². The zero-order valence-corrected chi connectivity index (χ0v) is 20.8. The fourth-order valence-corrected chi connectivity index (χ4v) is 6.84. The summed E-state index contributed by atoms with van der Waals surface area (Å²) in [6, 6.07) is 9.35. The molecular weight excluding hydrogens is 471 g/mol. The summed E-state index contributed by atoms with van der Waals surface area (Å²) in [5.74, 6) is 0.160. The van der Waals surface area contributed by atoms with Gasteiger partial charge in [-0.05, 0) is 56.1 Å². The van der Waals surface area contributed by atoms with E-state index in [2.05, 4.69) is 15.4 Å². The zero-order chi connectivity index (χ0) is 24.8. The van der Waals surface area contributed by atoms with Crippen molar-refractivity contribution in [1.29, 1.82) is 0 Å². The Morgan fingerprint density at radius 2 is 1.94 bits per heavy atom. The Bertz CT molecular complexity index is 1250. The van der Waals surface area contributed by atoms with E-state index in [0.717, 1.165) is 24.9 Å². The van der Waals surface area contributed by atoms with Crippen LogP contribution >= 0.6 is 0 Å². The van der Waals surface area contributed by atoms with Crippen LogP contribution in [0.15, 0.2) is 41.3 Å². The fourth-order valence-electron chi connectivity index (χ4n) is 5.63. The van der Waals surface area contributed by atoms with Gasteiger partial charge in [0, 0.05) is 13.1 Å². The van der Waals surface area contributed by atoms with Crippen molar-refractivity contribution in [3.8, 4) is 5.75 Å². The summed E-state index contributed by atoms with van der Waals surface area (Å²) in [4.78, 5) is 15.1. The number of piperidine rings is 1. The lowest BCUT2D eigenvalue weighted by atomic mass is 9.80. The lowest BCUT2D eigenvalue weighted by Gasteiger charge is -2.34. The lowest BCUT2D eigenvalue weighted by Crippen LogP contribution is -2.46. The molecule has 8 nitrogen and oxygen atoms in total. The van der Waals surface area contributed by atoms with E-state index in [1.807, 2.05) is 11.9 Å². The Balaban J connectivity index is 1.55. The maximum atomic E-state index is 14.9. The van der Waals surface area contributed by atoms with Crippen LogP contribution in [0.1, 0.15) is 37.7 Å². The third-order valence-electron chi connectivity index (χ3n) is 7.48. The van der Waals surface area contributed by atoms with Gasteiger partial charge in [-0.1, -0.05) is 25.0 Å². The molecule has 1 amide bonds. The van der Waals surface area contributed by atoms with Gasteiger partial charge in [-0.15, -0.1) is 0 Å². The van der Waals surface area contributed by atoms with Gasteiger partial charge in [0.1, 0.15) is 16.8 Å². The van der Waals surface area contributed by atoms with Gasteiger partial charge in [-0.25, -0.2) is 12.8 Å². The highest BCUT2D eigenvalue weighted by Crippen LogP contribution is 2.52. The van der Waals surface area contributed by atoms with Gasteiger partial charge >= 0.3 is 0 Å². The number of benzene rings is 2. The molecule has 2 unspecified atom stereocenters. The first-order valence-corrected chi connectivity index (χ1v) is 13.5. The number of nitrogens with zero attached hydrogens (tertiary/aromatic N) is 1. The Morgan fingerprint density at radius 3 is 2.66 bits per heavy atom. The van der Waals surface area contributed by atoms with Crippen LogP contribution < -0.4 is 20.1 Å². The topological polar surface area (TPSA) is 99.8 Å². The second-order valence-corrected chi connectivity index (χ2v) is 11.4. The predicted octanol–water partition coefficient (Wildman–Crippen LogP) is 3.71. The molecule has 1 aliphatic carbocycles. The molecule has 2 aliphatic heterocycles. The van der Waals surface area contributed by atoms with Gasteiger partial charge in [0.25, 0.3) is 10.0 Å². The Kier molecular flexibility index (Phi) is 6.13. The van der Waals surface area contributed by atoms with Gasteiger partial charge in [0.15, 0.2) is 0 Å². The number of nitrogens with one attached hydrogen (secondary N) is 3. The second-order valence-electron chi connectivity index (χ2n) is 9.76. The second kappa shape index (κ2) is 8.98. The molecule has 1 saturated heterocycles. The van der Waals surface area contributed by atoms with Crippen LogP contribution in [-0.4, -0.2) is 58.7 Å². The van der Waals surface area contributed by atoms with Gasteiger partial charge in [-0.2, -0.15) is 0 Å². The first-order chi connectivity index (χ1) is 16.7. The minimum Gasteiger partial charge on any atom is -0.495 e. The number of alkyl halides is 1. The maximum absolute atomic E-state index is 14.9. The van der Waals surface area contributed by atoms with E-state index in [1.54, 1.807) is 30.3 Å². The number of sulfonamides is 1. The third-order valence-corrected chi connectivity index (χ3v) is 8.90. The molecule has 2 fully saturated rings. The van der Waals surface area contributed by atoms with Crippen LogP contribution in [0.4, 0.5) is 21.5 Å². The summed E-state index contributed by atoms with van der Waals surface area (Å²) in [6.45, 7) is 1.06. The summed E-state index contributed by atoms with van der Waals surface area (Å²) < 4.78 is 49.4. The number of para-hydroxylation sites is 1. The summed E-state index contributed by atoms with van der Waals surface area (Å²) in [5, 5.41) is 6.31. The highest BCUT2D eigenvalue weighted by Gasteiger charge is 2.49. The number of methoxy groups -OCH3 is 1. The van der Waals surface area contributed by atoms with Crippen LogP contribution in [0.25, 0.3) is 0 Å². The molecule has 2 aromatic rings. The number of carbonyl (C=O) groups is 1. The summed E-state index contributed by atoms with van der Waals surface area (Å²) in [7, 11) is -0.674. The van der Waals surface area contributed by atoms with Gasteiger partial charge in [0.2, 0.25) is 5.91 Å². The van der Waals surface area contributed by atoms with Crippen molar-refractivity contribution in [3.05, 3.63) is 42.0 Å². The zero-order valence-electron chi connectivity index (χ0n) is 19.9. The molecule has 1 saturated carbocycles. The van der Waals surface area contributed by atoms with Crippen molar-refractivity contribution >= 4 is 33.0 Å². The van der Waals surface area contributed by atoms with Crippen LogP contribution in [0.5, 0.6) is 5.75 Å². The SMILES string of the molecule is COc1ccccc1S(=O)(=O)Nc1cc(NC2CCN(C)CC2F)c2c(c1)C1(CCCC1)C(=O)N2. The molecular formula is C25H31FN4O4S. The maximum Gasteiger partial charge on any atom is 0.265 e. The van der Waals surface area contributed by atoms with Crippen molar-refractivity contribution in [2.24, 2.45) is 0 Å². The monoisotopic (exact) mass is 502 g/mol. The molecule has 0 aromatic heterocycles. The van der Waals surface area contributed by atoms with Crippen LogP contribution in [0, 0.1) is 0 Å². The largest absolute Gasteiger partial charge is 0.495 e. The summed E-state index contributed by atoms with van der Waals surface area (Å²) in [5.41, 5.74) is 1.58. The number of likely N-dealkylation sites (tertiary alicyclic amines) is 1. The first-order valence-electron chi connectivity index (χ1n) is 12.0. The van der Waals surface area contributed by atoms with E-state index in [4.69, 9.17) is 4.74 Å². The highest BCUT2D eigenvalue weighted by atomic mass is 32.2. The van der Waals surface area contributed by atoms with Gasteiger partial charge in [-0.3, -0.25) is 9.52 Å². The molecule has 188 valence electrons. The minimum absolute atomic E-state index is 0.0152. The average molecular weight is 503 g/mol. The van der Waals surface area contributed by atoms with Crippen LogP contribution in [0.3, 0.4) is 0 Å². The highest BCUT2D eigenvalue weighted by molar-refractivity contribution is 7.92. The Labute approximate surface area is 205 Å². The third kappa shape index (κ3) is 4.23. The Morgan fingerprint density at radius 1 is 1.20 bits per heavy atom. The molecule has 5 rings (SSSR count). The number of hydrogen-bond acceptors (Lipinski definition) is 6. The van der Waals surface area contributed by atoms with E-state index < -0.39 is 27.7 Å². The number of fused-ring (bicyclic) bond motifs is 2. The standard InChI is InChI=1S/C25H31FN4O4S/c1-30-12-9-19(18(26)15-30)27-20-14-16(29-35(32,33)22-8-4-3-7-21(22)34-2)13-17-23(20)28-24(31)25(17)10-5-6-11-25/h3-4,7-8,13-14,18-19,27,29H,5-6,9-12,15H2,1-2H3,(H,28,31). The Hall–Kier alpha value is -2.85. The molecule has 1 spiro atoms. The van der Waals surface area contributed by atoms with E-state index in [0.29, 0.717) is 42.9 Å². The molecule has 35 heavy (non-hydrogen) atoms. The number of anilines is 3. The number of hydrogen-bond donors (Lipinski definition) is 3. The molecule has 2 aromatic carbocycles. The molecule has 0 radical (unpaired) electrons. The van der Waals surface area contributed by atoms with Crippen LogP contribution in [-0.2, 0) is 20.2 Å². The average Bonchev–Trinajstić information content (AvgIpc) is 3.42. The van der Waals surface area contributed by atoms with Crippen molar-refractivity contribution in [2.75, 3.05) is 42.6 Å². The quantitative estimate of drug-likeness (QED) is 0.557. The number of carbonyl (C=O) groups excluding carboxylic acids is 1. The lowest BCUT2D eigenvalue weighted by molar-refractivity contribution is -0.120. The van der Waals surface area contributed by atoms with E-state index in [1.165, 1.54) is 13.2 Å². The number of halogens is 1. The van der Waals surface area contributed by atoms with Crippen LogP contribution in [0.2, 0.25) is 0 Å². The predicted molar refractivity (Wildman–Crippen MR) is 133 cm³/mol. The van der Waals surface area contributed by atoms with Gasteiger partial charge in [0.05, 0.1) is 35.6 Å². The summed E-state index contributed by atoms with van der Waals surface area (Å²) in [6.07, 6.45) is 2.77. The van der Waals surface area contributed by atoms with Gasteiger partial charge < -0.3 is 20.3 Å². The van der Waals surface area contributed by atoms with E-state index in [-0.39, 0.29) is 16.6 Å². The molecule has 3 aliphatic rings. The van der Waals surface area contributed by atoms with Crippen molar-refractivity contribution < 1.29 is 22.3 Å². The molecule has 10 heteroatoms. The summed E-state index contributed by atoms with van der Waals surface area (Å²) >= 11 is 0. The van der Waals surface area contributed by atoms with E-state index in [9.17, 15) is 17.6 Å². The first kappa shape index (κ1) is 23.9.